The maximum atomic E-state index is 13.6. The van der Waals surface area contributed by atoms with E-state index in [4.69, 9.17) is 20.9 Å². The number of anilines is 2. The first-order valence-corrected chi connectivity index (χ1v) is 10.3. The van der Waals surface area contributed by atoms with Crippen molar-refractivity contribution >= 4 is 11.4 Å². The van der Waals surface area contributed by atoms with E-state index in [0.29, 0.717) is 17.1 Å². The summed E-state index contributed by atoms with van der Waals surface area (Å²) in [7, 11) is 0. The SMILES string of the molecule is CC(C)c1ccc(Oc2ccc(C(F)(F)F)c(Oc3ccc(C(C)C)c(N)c3)c2)cc1N. The maximum Gasteiger partial charge on any atom is 0.419 e. The molecule has 0 aliphatic rings. The molecule has 3 aromatic rings. The summed E-state index contributed by atoms with van der Waals surface area (Å²) >= 11 is 0. The molecule has 3 aromatic carbocycles. The molecule has 0 atom stereocenters. The van der Waals surface area contributed by atoms with Crippen LogP contribution >= 0.6 is 0 Å². The molecule has 0 heterocycles. The Labute approximate surface area is 186 Å². The second kappa shape index (κ2) is 9.02. The van der Waals surface area contributed by atoms with E-state index in [9.17, 15) is 13.2 Å². The van der Waals surface area contributed by atoms with Gasteiger partial charge in [0.05, 0.1) is 5.56 Å². The number of ether oxygens (including phenoxy) is 2. The molecule has 3 rings (SSSR count). The fourth-order valence-corrected chi connectivity index (χ4v) is 3.43. The van der Waals surface area contributed by atoms with Crippen molar-refractivity contribution in [1.29, 1.82) is 0 Å². The normalized spacial score (nSPS) is 11.8. The number of halogens is 3. The first-order valence-electron chi connectivity index (χ1n) is 10.3. The predicted octanol–water partition coefficient (Wildman–Crippen LogP) is 7.70. The molecule has 0 radical (unpaired) electrons. The van der Waals surface area contributed by atoms with Crippen LogP contribution in [0.5, 0.6) is 23.0 Å². The van der Waals surface area contributed by atoms with Gasteiger partial charge in [-0.3, -0.25) is 0 Å². The van der Waals surface area contributed by atoms with E-state index in [1.807, 2.05) is 33.8 Å². The molecule has 0 aromatic heterocycles. The number of rotatable bonds is 6. The number of benzene rings is 3. The van der Waals surface area contributed by atoms with Gasteiger partial charge in [0.15, 0.2) is 0 Å². The third kappa shape index (κ3) is 5.28. The molecule has 0 fully saturated rings. The van der Waals surface area contributed by atoms with Gasteiger partial charge in [-0.05, 0) is 47.2 Å². The van der Waals surface area contributed by atoms with Crippen molar-refractivity contribution in [2.75, 3.05) is 11.5 Å². The highest BCUT2D eigenvalue weighted by molar-refractivity contribution is 5.56. The lowest BCUT2D eigenvalue weighted by Crippen LogP contribution is -2.07. The third-order valence-corrected chi connectivity index (χ3v) is 5.08. The highest BCUT2D eigenvalue weighted by Crippen LogP contribution is 2.41. The van der Waals surface area contributed by atoms with Crippen molar-refractivity contribution in [3.05, 3.63) is 71.3 Å². The standard InChI is InChI=1S/C25H27F3N2O2/c1-14(2)19-8-5-16(11-22(19)29)31-18-7-10-21(25(26,27)28)24(13-18)32-17-6-9-20(15(3)4)23(30)12-17/h5-15H,29-30H2,1-4H3. The molecule has 7 heteroatoms. The molecule has 0 unspecified atom stereocenters. The molecule has 4 nitrogen and oxygen atoms in total. The number of alkyl halides is 3. The molecule has 0 bridgehead atoms. The van der Waals surface area contributed by atoms with Crippen LogP contribution in [0.4, 0.5) is 24.5 Å². The van der Waals surface area contributed by atoms with Gasteiger partial charge in [-0.25, -0.2) is 0 Å². The summed E-state index contributed by atoms with van der Waals surface area (Å²) < 4.78 is 52.1. The molecule has 0 aliphatic heterocycles. The van der Waals surface area contributed by atoms with Crippen LogP contribution < -0.4 is 20.9 Å². The largest absolute Gasteiger partial charge is 0.457 e. The zero-order valence-electron chi connectivity index (χ0n) is 18.5. The van der Waals surface area contributed by atoms with Gasteiger partial charge in [0.2, 0.25) is 0 Å². The lowest BCUT2D eigenvalue weighted by Gasteiger charge is -2.17. The Kier molecular flexibility index (Phi) is 6.57. The average Bonchev–Trinajstić information content (AvgIpc) is 2.66. The van der Waals surface area contributed by atoms with Crippen LogP contribution in [0, 0.1) is 0 Å². The first-order chi connectivity index (χ1) is 15.0. The minimum absolute atomic E-state index is 0.182. The summed E-state index contributed by atoms with van der Waals surface area (Å²) in [5.41, 5.74) is 14.1. The summed E-state index contributed by atoms with van der Waals surface area (Å²) in [5.74, 6) is 0.865. The Balaban J connectivity index is 1.94. The molecule has 32 heavy (non-hydrogen) atoms. The van der Waals surface area contributed by atoms with Crippen LogP contribution in [-0.4, -0.2) is 0 Å². The van der Waals surface area contributed by atoms with E-state index >= 15 is 0 Å². The van der Waals surface area contributed by atoms with Crippen LogP contribution in [0.15, 0.2) is 54.6 Å². The van der Waals surface area contributed by atoms with Crippen molar-refractivity contribution < 1.29 is 22.6 Å². The summed E-state index contributed by atoms with van der Waals surface area (Å²) in [4.78, 5) is 0. The highest BCUT2D eigenvalue weighted by Gasteiger charge is 2.35. The van der Waals surface area contributed by atoms with E-state index in [2.05, 4.69) is 0 Å². The molecular weight excluding hydrogens is 417 g/mol. The summed E-state index contributed by atoms with van der Waals surface area (Å²) in [6.07, 6.45) is -4.60. The molecule has 0 spiro atoms. The first kappa shape index (κ1) is 23.3. The minimum Gasteiger partial charge on any atom is -0.457 e. The van der Waals surface area contributed by atoms with Crippen LogP contribution in [0.2, 0.25) is 0 Å². The number of hydrogen-bond donors (Lipinski definition) is 2. The molecule has 4 N–H and O–H groups in total. The Morgan fingerprint density at radius 2 is 1.09 bits per heavy atom. The van der Waals surface area contributed by atoms with Crippen molar-refractivity contribution in [3.8, 4) is 23.0 Å². The number of nitrogen functional groups attached to an aromatic ring is 2. The van der Waals surface area contributed by atoms with Crippen LogP contribution in [0.1, 0.15) is 56.2 Å². The molecule has 0 saturated heterocycles. The van der Waals surface area contributed by atoms with Gasteiger partial charge in [-0.1, -0.05) is 39.8 Å². The fraction of sp³-hybridized carbons (Fsp3) is 0.280. The third-order valence-electron chi connectivity index (χ3n) is 5.08. The van der Waals surface area contributed by atoms with Gasteiger partial charge in [0.25, 0.3) is 0 Å². The lowest BCUT2D eigenvalue weighted by molar-refractivity contribution is -0.138. The second-order valence-electron chi connectivity index (χ2n) is 8.25. The smallest absolute Gasteiger partial charge is 0.419 e. The van der Waals surface area contributed by atoms with Gasteiger partial charge in [-0.15, -0.1) is 0 Å². The van der Waals surface area contributed by atoms with Crippen molar-refractivity contribution in [3.63, 3.8) is 0 Å². The van der Waals surface area contributed by atoms with Gasteiger partial charge < -0.3 is 20.9 Å². The zero-order valence-corrected chi connectivity index (χ0v) is 18.5. The quantitative estimate of drug-likeness (QED) is 0.382. The molecule has 0 aliphatic carbocycles. The van der Waals surface area contributed by atoms with E-state index in [-0.39, 0.29) is 29.1 Å². The van der Waals surface area contributed by atoms with E-state index in [1.54, 1.807) is 24.3 Å². The Morgan fingerprint density at radius 3 is 1.53 bits per heavy atom. The van der Waals surface area contributed by atoms with Crippen LogP contribution in [0.3, 0.4) is 0 Å². The van der Waals surface area contributed by atoms with Gasteiger partial charge in [0.1, 0.15) is 23.0 Å². The lowest BCUT2D eigenvalue weighted by atomic mass is 10.0. The van der Waals surface area contributed by atoms with Gasteiger partial charge >= 0.3 is 6.18 Å². The van der Waals surface area contributed by atoms with Crippen molar-refractivity contribution in [1.82, 2.24) is 0 Å². The monoisotopic (exact) mass is 444 g/mol. The minimum atomic E-state index is -4.60. The van der Waals surface area contributed by atoms with E-state index in [0.717, 1.165) is 17.2 Å². The Bertz CT molecular complexity index is 1110. The number of nitrogens with two attached hydrogens (primary N) is 2. The summed E-state index contributed by atoms with van der Waals surface area (Å²) in [6.45, 7) is 8.00. The topological polar surface area (TPSA) is 70.5 Å². The number of hydrogen-bond acceptors (Lipinski definition) is 4. The molecular formula is C25H27F3N2O2. The highest BCUT2D eigenvalue weighted by atomic mass is 19.4. The van der Waals surface area contributed by atoms with Crippen LogP contribution in [0.25, 0.3) is 0 Å². The fourth-order valence-electron chi connectivity index (χ4n) is 3.43. The molecule has 0 saturated carbocycles. The summed E-state index contributed by atoms with van der Waals surface area (Å²) in [6, 6.07) is 13.5. The van der Waals surface area contributed by atoms with Gasteiger partial charge in [-0.2, -0.15) is 13.2 Å². The average molecular weight is 444 g/mol. The Morgan fingerprint density at radius 1 is 0.656 bits per heavy atom. The maximum absolute atomic E-state index is 13.6. The van der Waals surface area contributed by atoms with E-state index in [1.165, 1.54) is 18.2 Å². The van der Waals surface area contributed by atoms with Crippen molar-refractivity contribution in [2.45, 2.75) is 45.7 Å². The van der Waals surface area contributed by atoms with Crippen LogP contribution in [-0.2, 0) is 6.18 Å². The van der Waals surface area contributed by atoms with Gasteiger partial charge in [0, 0.05) is 29.6 Å². The second-order valence-corrected chi connectivity index (χ2v) is 8.25. The Hall–Kier alpha value is -3.35. The summed E-state index contributed by atoms with van der Waals surface area (Å²) in [5, 5.41) is 0. The molecule has 170 valence electrons. The van der Waals surface area contributed by atoms with Crippen molar-refractivity contribution in [2.24, 2.45) is 0 Å². The van der Waals surface area contributed by atoms with E-state index < -0.39 is 11.7 Å². The molecule has 0 amide bonds. The predicted molar refractivity (Wildman–Crippen MR) is 121 cm³/mol. The zero-order chi connectivity index (χ0) is 23.6.